The molecule has 1 N–H and O–H groups in total. The van der Waals surface area contributed by atoms with Gasteiger partial charge in [-0.1, -0.05) is 26.0 Å². The Morgan fingerprint density at radius 1 is 1.15 bits per heavy atom. The standard InChI is InChI=1S/C9H12O2.C2H6/c1-7(10)8-3-5-9(11-2)6-4-8;1-2/h3-7,10H,1-2H3;1-2H3. The predicted octanol–water partition coefficient (Wildman–Crippen LogP) is 2.77. The molecule has 0 aliphatic heterocycles. The van der Waals surface area contributed by atoms with E-state index < -0.39 is 6.10 Å². The van der Waals surface area contributed by atoms with Crippen molar-refractivity contribution in [2.45, 2.75) is 26.9 Å². The molecule has 0 amide bonds. The third-order valence-corrected chi connectivity index (χ3v) is 1.60. The lowest BCUT2D eigenvalue weighted by Crippen LogP contribution is -1.90. The second-order valence-corrected chi connectivity index (χ2v) is 2.45. The maximum Gasteiger partial charge on any atom is 0.118 e. The summed E-state index contributed by atoms with van der Waals surface area (Å²) in [6, 6.07) is 7.37. The summed E-state index contributed by atoms with van der Waals surface area (Å²) >= 11 is 0. The van der Waals surface area contributed by atoms with Gasteiger partial charge in [0.2, 0.25) is 0 Å². The van der Waals surface area contributed by atoms with Crippen LogP contribution in [0.25, 0.3) is 0 Å². The lowest BCUT2D eigenvalue weighted by Gasteiger charge is -2.04. The van der Waals surface area contributed by atoms with Crippen LogP contribution in [0.4, 0.5) is 0 Å². The Morgan fingerprint density at radius 3 is 1.92 bits per heavy atom. The molecule has 0 aliphatic carbocycles. The van der Waals surface area contributed by atoms with Gasteiger partial charge in [0.15, 0.2) is 0 Å². The summed E-state index contributed by atoms with van der Waals surface area (Å²) in [4.78, 5) is 0. The van der Waals surface area contributed by atoms with Crippen LogP contribution < -0.4 is 4.74 Å². The first-order valence-electron chi connectivity index (χ1n) is 4.56. The highest BCUT2D eigenvalue weighted by Crippen LogP contribution is 2.16. The molecule has 0 radical (unpaired) electrons. The van der Waals surface area contributed by atoms with Gasteiger partial charge in [-0.25, -0.2) is 0 Å². The molecule has 1 aromatic rings. The van der Waals surface area contributed by atoms with Crippen LogP contribution in [-0.4, -0.2) is 12.2 Å². The van der Waals surface area contributed by atoms with Crippen molar-refractivity contribution in [2.75, 3.05) is 7.11 Å². The van der Waals surface area contributed by atoms with Gasteiger partial charge in [0.1, 0.15) is 5.75 Å². The zero-order chi connectivity index (χ0) is 10.3. The average molecular weight is 182 g/mol. The highest BCUT2D eigenvalue weighted by atomic mass is 16.5. The fraction of sp³-hybridized carbons (Fsp3) is 0.455. The van der Waals surface area contributed by atoms with Gasteiger partial charge in [0, 0.05) is 0 Å². The number of aliphatic hydroxyl groups excluding tert-OH is 1. The largest absolute Gasteiger partial charge is 0.497 e. The van der Waals surface area contributed by atoms with Crippen molar-refractivity contribution in [3.05, 3.63) is 29.8 Å². The minimum atomic E-state index is -0.402. The second-order valence-electron chi connectivity index (χ2n) is 2.45. The van der Waals surface area contributed by atoms with E-state index in [0.29, 0.717) is 0 Å². The van der Waals surface area contributed by atoms with Gasteiger partial charge in [-0.05, 0) is 24.6 Å². The Morgan fingerprint density at radius 2 is 1.62 bits per heavy atom. The van der Waals surface area contributed by atoms with E-state index >= 15 is 0 Å². The molecule has 0 aliphatic rings. The second kappa shape index (κ2) is 6.49. The summed E-state index contributed by atoms with van der Waals surface area (Å²) in [7, 11) is 1.62. The highest BCUT2D eigenvalue weighted by Gasteiger charge is 1.98. The lowest BCUT2D eigenvalue weighted by molar-refractivity contribution is 0.199. The number of hydrogen-bond donors (Lipinski definition) is 1. The zero-order valence-corrected chi connectivity index (χ0v) is 8.74. The molecule has 13 heavy (non-hydrogen) atoms. The number of rotatable bonds is 2. The van der Waals surface area contributed by atoms with Crippen molar-refractivity contribution in [1.29, 1.82) is 0 Å². The molecule has 0 saturated heterocycles. The number of ether oxygens (including phenoxy) is 1. The van der Waals surface area contributed by atoms with Crippen LogP contribution in [0, 0.1) is 0 Å². The van der Waals surface area contributed by atoms with Crippen LogP contribution in [0.1, 0.15) is 32.4 Å². The van der Waals surface area contributed by atoms with E-state index in [2.05, 4.69) is 0 Å². The topological polar surface area (TPSA) is 29.5 Å². The normalized spacial score (nSPS) is 11.2. The Hall–Kier alpha value is -1.02. The van der Waals surface area contributed by atoms with E-state index in [1.807, 2.05) is 38.1 Å². The molecule has 1 rings (SSSR count). The molecule has 2 nitrogen and oxygen atoms in total. The molecule has 1 atom stereocenters. The average Bonchev–Trinajstić information content (AvgIpc) is 2.21. The number of aliphatic hydroxyl groups is 1. The van der Waals surface area contributed by atoms with E-state index in [4.69, 9.17) is 9.84 Å². The van der Waals surface area contributed by atoms with Crippen molar-refractivity contribution in [2.24, 2.45) is 0 Å². The first kappa shape index (κ1) is 12.0. The smallest absolute Gasteiger partial charge is 0.118 e. The van der Waals surface area contributed by atoms with Gasteiger partial charge in [0.05, 0.1) is 13.2 Å². The van der Waals surface area contributed by atoms with Crippen molar-refractivity contribution in [1.82, 2.24) is 0 Å². The summed E-state index contributed by atoms with van der Waals surface area (Å²) in [5.41, 5.74) is 0.908. The van der Waals surface area contributed by atoms with E-state index in [0.717, 1.165) is 11.3 Å². The van der Waals surface area contributed by atoms with E-state index in [1.165, 1.54) is 0 Å². The summed E-state index contributed by atoms with van der Waals surface area (Å²) in [5.74, 6) is 0.814. The van der Waals surface area contributed by atoms with E-state index in [9.17, 15) is 0 Å². The molecule has 0 heterocycles. The van der Waals surface area contributed by atoms with E-state index in [1.54, 1.807) is 14.0 Å². The number of benzene rings is 1. The van der Waals surface area contributed by atoms with Crippen molar-refractivity contribution in [3.63, 3.8) is 0 Å². The minimum Gasteiger partial charge on any atom is -0.497 e. The molecule has 0 aromatic heterocycles. The van der Waals surface area contributed by atoms with Gasteiger partial charge in [-0.15, -0.1) is 0 Å². The third-order valence-electron chi connectivity index (χ3n) is 1.60. The van der Waals surface area contributed by atoms with Crippen LogP contribution in [-0.2, 0) is 0 Å². The van der Waals surface area contributed by atoms with Gasteiger partial charge in [-0.3, -0.25) is 0 Å². The Balaban J connectivity index is 0.000000671. The van der Waals surface area contributed by atoms with Crippen molar-refractivity contribution < 1.29 is 9.84 Å². The summed E-state index contributed by atoms with van der Waals surface area (Å²) < 4.78 is 4.97. The summed E-state index contributed by atoms with van der Waals surface area (Å²) in [6.45, 7) is 5.74. The molecular formula is C11H18O2. The number of methoxy groups -OCH3 is 1. The zero-order valence-electron chi connectivity index (χ0n) is 8.74. The number of hydrogen-bond acceptors (Lipinski definition) is 2. The van der Waals surface area contributed by atoms with Gasteiger partial charge >= 0.3 is 0 Å². The van der Waals surface area contributed by atoms with Gasteiger partial charge < -0.3 is 9.84 Å². The Labute approximate surface area is 80.2 Å². The molecule has 0 spiro atoms. The fourth-order valence-electron chi connectivity index (χ4n) is 0.882. The van der Waals surface area contributed by atoms with Crippen LogP contribution in [0.3, 0.4) is 0 Å². The maximum atomic E-state index is 9.15. The predicted molar refractivity (Wildman–Crippen MR) is 55.0 cm³/mol. The quantitative estimate of drug-likeness (QED) is 0.762. The molecular weight excluding hydrogens is 164 g/mol. The maximum absolute atomic E-state index is 9.15. The first-order valence-corrected chi connectivity index (χ1v) is 4.56. The van der Waals surface area contributed by atoms with Crippen LogP contribution in [0.2, 0.25) is 0 Å². The fourth-order valence-corrected chi connectivity index (χ4v) is 0.882. The highest BCUT2D eigenvalue weighted by molar-refractivity contribution is 5.27. The van der Waals surface area contributed by atoms with Crippen LogP contribution in [0.5, 0.6) is 5.75 Å². The molecule has 2 heteroatoms. The summed E-state index contributed by atoms with van der Waals surface area (Å²) in [6.07, 6.45) is -0.402. The molecule has 0 bridgehead atoms. The SMILES string of the molecule is CC.COc1ccc(C(C)O)cc1. The monoisotopic (exact) mass is 182 g/mol. The minimum absolute atomic E-state index is 0.402. The Kier molecular flexibility index (Phi) is 5.98. The van der Waals surface area contributed by atoms with E-state index in [-0.39, 0.29) is 0 Å². The third kappa shape index (κ3) is 3.95. The Bertz CT molecular complexity index is 214. The lowest BCUT2D eigenvalue weighted by atomic mass is 10.1. The molecule has 0 saturated carbocycles. The van der Waals surface area contributed by atoms with Crippen molar-refractivity contribution in [3.8, 4) is 5.75 Å². The molecule has 1 unspecified atom stereocenters. The van der Waals surface area contributed by atoms with Crippen LogP contribution in [0.15, 0.2) is 24.3 Å². The molecule has 0 fully saturated rings. The van der Waals surface area contributed by atoms with Gasteiger partial charge in [-0.2, -0.15) is 0 Å². The van der Waals surface area contributed by atoms with Gasteiger partial charge in [0.25, 0.3) is 0 Å². The van der Waals surface area contributed by atoms with Crippen LogP contribution >= 0.6 is 0 Å². The van der Waals surface area contributed by atoms with Crippen molar-refractivity contribution >= 4 is 0 Å². The first-order chi connectivity index (χ1) is 6.24. The molecule has 1 aromatic carbocycles. The summed E-state index contributed by atoms with van der Waals surface area (Å²) in [5, 5.41) is 9.15. The molecule has 74 valence electrons.